The third-order valence-corrected chi connectivity index (χ3v) is 9.87. The molecule has 1 atom stereocenters. The Kier molecular flexibility index (Phi) is 9.14. The van der Waals surface area contributed by atoms with Crippen LogP contribution >= 0.6 is 0 Å². The highest BCUT2D eigenvalue weighted by atomic mass is 19.3. The molecule has 238 valence electrons. The van der Waals surface area contributed by atoms with Crippen molar-refractivity contribution in [3.63, 3.8) is 0 Å². The van der Waals surface area contributed by atoms with E-state index in [0.717, 1.165) is 64.8 Å². The maximum Gasteiger partial charge on any atom is 0.278 e. The van der Waals surface area contributed by atoms with Crippen LogP contribution in [0.1, 0.15) is 69.0 Å². The Labute approximate surface area is 257 Å². The lowest BCUT2D eigenvalue weighted by Crippen LogP contribution is -2.46. The van der Waals surface area contributed by atoms with Crippen LogP contribution < -0.4 is 15.8 Å². The van der Waals surface area contributed by atoms with Crippen molar-refractivity contribution in [2.24, 2.45) is 5.92 Å². The summed E-state index contributed by atoms with van der Waals surface area (Å²) in [5.41, 5.74) is 0.680. The van der Waals surface area contributed by atoms with Crippen molar-refractivity contribution in [1.82, 2.24) is 24.3 Å². The number of piperidine rings is 1. The second kappa shape index (κ2) is 13.0. The number of anilines is 2. The van der Waals surface area contributed by atoms with Crippen molar-refractivity contribution < 1.29 is 13.2 Å². The molecule has 0 aliphatic carbocycles. The first-order chi connectivity index (χ1) is 21.2. The number of aromatic nitrogens is 3. The van der Waals surface area contributed by atoms with Crippen LogP contribution in [0.15, 0.2) is 35.4 Å². The largest absolute Gasteiger partial charge is 0.364 e. The lowest BCUT2D eigenvalue weighted by molar-refractivity contribution is -0.0880. The van der Waals surface area contributed by atoms with Gasteiger partial charge in [-0.2, -0.15) is 0 Å². The van der Waals surface area contributed by atoms with Crippen LogP contribution in [0, 0.1) is 11.7 Å². The van der Waals surface area contributed by atoms with Crippen LogP contribution in [0.5, 0.6) is 0 Å². The summed E-state index contributed by atoms with van der Waals surface area (Å²) >= 11 is 0. The van der Waals surface area contributed by atoms with Crippen molar-refractivity contribution in [2.45, 2.75) is 70.4 Å². The van der Waals surface area contributed by atoms with E-state index in [1.54, 1.807) is 17.6 Å². The summed E-state index contributed by atoms with van der Waals surface area (Å²) in [5, 5.41) is 3.95. The Bertz CT molecular complexity index is 1510. The van der Waals surface area contributed by atoms with Crippen LogP contribution in [0.3, 0.4) is 0 Å². The van der Waals surface area contributed by atoms with E-state index in [1.807, 2.05) is 6.07 Å². The predicted octanol–water partition coefficient (Wildman–Crippen LogP) is 5.62. The quantitative estimate of drug-likeness (QED) is 0.383. The molecule has 8 nitrogen and oxygen atoms in total. The molecule has 4 aliphatic rings. The summed E-state index contributed by atoms with van der Waals surface area (Å²) in [4.78, 5) is 29.6. The maximum absolute atomic E-state index is 16.0. The molecule has 0 radical (unpaired) electrons. The molecule has 0 saturated carbocycles. The summed E-state index contributed by atoms with van der Waals surface area (Å²) in [6, 6.07) is 5.49. The molecule has 4 aliphatic heterocycles. The molecular weight excluding hydrogens is 567 g/mol. The van der Waals surface area contributed by atoms with Gasteiger partial charge in [0.05, 0.1) is 17.0 Å². The molecule has 2 fully saturated rings. The minimum Gasteiger partial charge on any atom is -0.364 e. The smallest absolute Gasteiger partial charge is 0.278 e. The number of fused-ring (bicyclic) bond motifs is 9. The molecule has 3 aromatic rings. The van der Waals surface area contributed by atoms with Gasteiger partial charge in [-0.1, -0.05) is 37.5 Å². The molecule has 1 aromatic carbocycles. The Morgan fingerprint density at radius 2 is 1.61 bits per heavy atom. The molecule has 2 aromatic heterocycles. The van der Waals surface area contributed by atoms with Gasteiger partial charge in [0.25, 0.3) is 11.5 Å². The number of pyridine rings is 1. The van der Waals surface area contributed by atoms with Crippen LogP contribution in [0.25, 0.3) is 11.0 Å². The number of nitrogens with one attached hydrogen (secondary N) is 1. The maximum atomic E-state index is 16.0. The molecule has 11 heteroatoms. The van der Waals surface area contributed by atoms with Gasteiger partial charge >= 0.3 is 0 Å². The lowest BCUT2D eigenvalue weighted by Gasteiger charge is -2.36. The number of hydrogen-bond acceptors (Lipinski definition) is 7. The van der Waals surface area contributed by atoms with E-state index in [2.05, 4.69) is 37.0 Å². The molecule has 2 saturated heterocycles. The van der Waals surface area contributed by atoms with Gasteiger partial charge in [0.2, 0.25) is 0 Å². The molecule has 1 N–H and O–H groups in total. The summed E-state index contributed by atoms with van der Waals surface area (Å²) in [7, 11) is 2.07. The summed E-state index contributed by atoms with van der Waals surface area (Å²) in [5.74, 6) is -4.59. The van der Waals surface area contributed by atoms with E-state index in [1.165, 1.54) is 18.5 Å². The molecule has 0 spiro atoms. The highest BCUT2D eigenvalue weighted by Gasteiger charge is 2.45. The fourth-order valence-electron chi connectivity index (χ4n) is 7.06. The zero-order chi connectivity index (χ0) is 30.8. The lowest BCUT2D eigenvalue weighted by atomic mass is 9.85. The molecule has 8 bridgehead atoms. The third-order valence-electron chi connectivity index (χ3n) is 9.87. The van der Waals surface area contributed by atoms with Gasteiger partial charge in [-0.25, -0.2) is 23.1 Å². The number of likely N-dealkylation sites (N-methyl/N-ethyl adjacent to an activating group) is 1. The number of benzene rings is 1. The molecule has 6 heterocycles. The van der Waals surface area contributed by atoms with Gasteiger partial charge in [0, 0.05) is 44.2 Å². The van der Waals surface area contributed by atoms with E-state index in [-0.39, 0.29) is 11.1 Å². The van der Waals surface area contributed by atoms with Crippen LogP contribution in [0.4, 0.5) is 24.7 Å². The Balaban J connectivity index is 1.41. The van der Waals surface area contributed by atoms with Crippen molar-refractivity contribution >= 4 is 22.5 Å². The second-order valence-corrected chi connectivity index (χ2v) is 12.8. The number of alkyl halides is 2. The topological polar surface area (TPSA) is 69.5 Å². The molecular formula is C33H44F3N7O. The first-order valence-electron chi connectivity index (χ1n) is 16.2. The monoisotopic (exact) mass is 611 g/mol. The van der Waals surface area contributed by atoms with E-state index in [4.69, 9.17) is 0 Å². The van der Waals surface area contributed by atoms with E-state index < -0.39 is 29.3 Å². The van der Waals surface area contributed by atoms with Crippen molar-refractivity contribution in [1.29, 1.82) is 0 Å². The Hall–Kier alpha value is -3.18. The number of halogens is 3. The molecule has 44 heavy (non-hydrogen) atoms. The first-order valence-corrected chi connectivity index (χ1v) is 16.2. The minimum absolute atomic E-state index is 0.0669. The standard InChI is InChI=1S/C33H44F3N7O/c1-23-25-9-8-10-27(29(25)34)33(35,36)24-11-15-41(16-12-24)13-6-4-3-5-7-14-43-31-26(30(39-23)37-22-38-31)21-28(32(43)44)42-19-17-40(2)18-20-42/h8-10,21-24H,3-7,11-20H2,1-2H3,(H,37,38,39)/t23-/m1/s1. The fraction of sp³-hybridized carbons (Fsp3) is 0.606. The number of hydrogen-bond donors (Lipinski definition) is 1. The molecule has 0 amide bonds. The number of rotatable bonds is 1. The average molecular weight is 612 g/mol. The highest BCUT2D eigenvalue weighted by molar-refractivity contribution is 5.89. The number of aryl methyl sites for hydroxylation is 1. The molecule has 7 rings (SSSR count). The zero-order valence-corrected chi connectivity index (χ0v) is 25.9. The second-order valence-electron chi connectivity index (χ2n) is 12.8. The van der Waals surface area contributed by atoms with Crippen LogP contribution in [-0.2, 0) is 12.5 Å². The minimum atomic E-state index is -3.26. The normalized spacial score (nSPS) is 25.5. The van der Waals surface area contributed by atoms with Crippen molar-refractivity contribution in [2.75, 3.05) is 63.1 Å². The first kappa shape index (κ1) is 30.8. The summed E-state index contributed by atoms with van der Waals surface area (Å²) < 4.78 is 49.4. The Morgan fingerprint density at radius 3 is 2.36 bits per heavy atom. The average Bonchev–Trinajstić information content (AvgIpc) is 3.01. The SMILES string of the molecule is C[C@H]1Nc2ncnc3c2cc(N2CCN(C)CC2)c(=O)n3CCCCCCCN2CCC(CC2)C(F)(F)c2cccc1c2F. The van der Waals surface area contributed by atoms with Gasteiger partial charge < -0.3 is 20.0 Å². The van der Waals surface area contributed by atoms with Gasteiger partial charge in [-0.3, -0.25) is 9.36 Å². The van der Waals surface area contributed by atoms with E-state index >= 15 is 13.2 Å². The van der Waals surface area contributed by atoms with Crippen LogP contribution in [0.2, 0.25) is 0 Å². The summed E-state index contributed by atoms with van der Waals surface area (Å²) in [6.45, 7) is 7.56. The third kappa shape index (κ3) is 6.18. The predicted molar refractivity (Wildman–Crippen MR) is 168 cm³/mol. The zero-order valence-electron chi connectivity index (χ0n) is 25.9. The van der Waals surface area contributed by atoms with Crippen molar-refractivity contribution in [3.05, 3.63) is 57.9 Å². The Morgan fingerprint density at radius 1 is 0.909 bits per heavy atom. The fourth-order valence-corrected chi connectivity index (χ4v) is 7.06. The number of piperazine rings is 1. The highest BCUT2D eigenvalue weighted by Crippen LogP contribution is 2.44. The van der Waals surface area contributed by atoms with Gasteiger partial charge in [-0.15, -0.1) is 0 Å². The molecule has 0 unspecified atom stereocenters. The van der Waals surface area contributed by atoms with E-state index in [0.29, 0.717) is 55.0 Å². The summed E-state index contributed by atoms with van der Waals surface area (Å²) in [6.07, 6.45) is 7.07. The van der Waals surface area contributed by atoms with Gasteiger partial charge in [0.15, 0.2) is 0 Å². The van der Waals surface area contributed by atoms with Gasteiger partial charge in [-0.05, 0) is 65.4 Å². The number of nitrogens with zero attached hydrogens (tertiary/aromatic N) is 6. The van der Waals surface area contributed by atoms with Crippen LogP contribution in [-0.4, -0.2) is 77.2 Å². The van der Waals surface area contributed by atoms with Gasteiger partial charge in [0.1, 0.15) is 29.3 Å². The van der Waals surface area contributed by atoms with E-state index in [9.17, 15) is 4.79 Å². The van der Waals surface area contributed by atoms with Crippen molar-refractivity contribution in [3.8, 4) is 0 Å².